The Kier molecular flexibility index (Phi) is 31.3. The smallest absolute Gasteiger partial charge is 0.470 e. The predicted octanol–water partition coefficient (Wildman–Crippen LogP) is -20.6. The zero-order chi connectivity index (χ0) is 79.7. The topological polar surface area (TPSA) is 846 Å². The molecule has 8 heterocycles. The molecule has 0 aliphatic carbocycles. The number of hydrogen-bond donors (Lipinski definition) is 32. The Bertz CT molecular complexity index is 2840. The molecular formula is C55H93O51P. The molecule has 8 rings (SSSR count). The number of carboxylic acids is 2. The lowest BCUT2D eigenvalue weighted by molar-refractivity contribution is -0.405. The second-order valence-electron chi connectivity index (χ2n) is 26.4. The molecule has 8 aliphatic rings. The molecule has 0 spiro atoms. The van der Waals surface area contributed by atoms with Crippen LogP contribution in [0.15, 0.2) is 0 Å². The third-order valence-electron chi connectivity index (χ3n) is 19.0. The number of aliphatic hydroxyl groups excluding tert-OH is 27. The van der Waals surface area contributed by atoms with Crippen molar-refractivity contribution in [3.8, 4) is 0 Å². The van der Waals surface area contributed by atoms with Crippen molar-refractivity contribution >= 4 is 19.8 Å². The van der Waals surface area contributed by atoms with Gasteiger partial charge in [-0.25, -0.2) is 14.2 Å². The SMILES string of the molecule is O=C(O)[C@@]1(O[C@@H]2C[C@](O)(C(=O)O)O[C@H]([C@H](O)CO)[C@@H]2O[C@H]2O[C@H]([C@@H](O)CO)[C@@H](OP(=O)(O)O)[C@H](O[C@H]3O[C@H]([C@@H](O)CO[C@H]4O[C@H]([C@@H](O)CO[C@@H]5O[C@H](CO)[C@H](O)[C@H](O)[C@H]5O)[C@@H](O)[C@H](O)[C@@H]4O)[C@@H](O)[C@H](O[C@H]4O[C@H](CO[C@H]5O[C@H](CO)[C@H](O)[C@H](O)[C@H]5O)[C@@H](O)[C@H](O)[C@H]4O)[C@@H]3O)[C@@H]2O)C[C@@H](O)[C@@H](O)[C@@H]([C@H](O)CO)O1. The van der Waals surface area contributed by atoms with Gasteiger partial charge in [-0.1, -0.05) is 0 Å². The zero-order valence-corrected chi connectivity index (χ0v) is 56.2. The number of rotatable bonds is 31. The molecule has 0 bridgehead atoms. The lowest BCUT2D eigenvalue weighted by Gasteiger charge is -2.52. The van der Waals surface area contributed by atoms with E-state index >= 15 is 0 Å². The van der Waals surface area contributed by atoms with Crippen molar-refractivity contribution in [1.82, 2.24) is 0 Å². The molecule has 0 amide bonds. The van der Waals surface area contributed by atoms with Gasteiger partial charge in [-0.05, 0) is 0 Å². The van der Waals surface area contributed by atoms with Crippen LogP contribution in [0.5, 0.6) is 0 Å². The summed E-state index contributed by atoms with van der Waals surface area (Å²) in [5.74, 6) is -11.8. The number of phosphoric acid groups is 1. The van der Waals surface area contributed by atoms with Gasteiger partial charge in [0.1, 0.15) is 201 Å². The minimum Gasteiger partial charge on any atom is -0.477 e. The number of carboxylic acid groups (broad SMARTS) is 2. The Morgan fingerprint density at radius 1 is 0.393 bits per heavy atom. The maximum Gasteiger partial charge on any atom is 0.470 e. The third-order valence-corrected chi connectivity index (χ3v) is 19.5. The van der Waals surface area contributed by atoms with Crippen LogP contribution in [0, 0.1) is 0 Å². The highest BCUT2D eigenvalue weighted by atomic mass is 31.2. The Morgan fingerprint density at radius 2 is 0.794 bits per heavy atom. The van der Waals surface area contributed by atoms with Gasteiger partial charge in [-0.3, -0.25) is 4.52 Å². The third kappa shape index (κ3) is 19.7. The molecule has 107 heavy (non-hydrogen) atoms. The van der Waals surface area contributed by atoms with Crippen LogP contribution < -0.4 is 0 Å². The zero-order valence-electron chi connectivity index (χ0n) is 55.3. The van der Waals surface area contributed by atoms with Gasteiger partial charge in [0.15, 0.2) is 37.7 Å². The number of aliphatic hydroxyl groups is 28. The van der Waals surface area contributed by atoms with E-state index in [2.05, 4.69) is 0 Å². The van der Waals surface area contributed by atoms with Crippen molar-refractivity contribution in [3.05, 3.63) is 0 Å². The Morgan fingerprint density at radius 3 is 1.29 bits per heavy atom. The van der Waals surface area contributed by atoms with Gasteiger partial charge < -0.3 is 234 Å². The molecule has 0 aromatic heterocycles. The second-order valence-corrected chi connectivity index (χ2v) is 27.6. The summed E-state index contributed by atoms with van der Waals surface area (Å²) in [7, 11) is -6.17. The summed E-state index contributed by atoms with van der Waals surface area (Å²) in [6.45, 7) is -9.84. The van der Waals surface area contributed by atoms with Crippen LogP contribution in [0.4, 0.5) is 0 Å². The molecule has 43 atom stereocenters. The number of phosphoric ester groups is 1. The lowest BCUT2D eigenvalue weighted by Crippen LogP contribution is -2.70. The molecule has 51 nitrogen and oxygen atoms in total. The maximum atomic E-state index is 13.3. The average Bonchev–Trinajstić information content (AvgIpc) is 0.746. The number of aliphatic carboxylic acids is 2. The highest BCUT2D eigenvalue weighted by Crippen LogP contribution is 2.47. The Hall–Kier alpha value is -2.67. The van der Waals surface area contributed by atoms with Gasteiger partial charge in [0.05, 0.1) is 65.1 Å². The largest absolute Gasteiger partial charge is 0.477 e. The predicted molar refractivity (Wildman–Crippen MR) is 316 cm³/mol. The van der Waals surface area contributed by atoms with Gasteiger partial charge >= 0.3 is 19.8 Å². The van der Waals surface area contributed by atoms with Crippen molar-refractivity contribution in [2.45, 2.75) is 276 Å². The van der Waals surface area contributed by atoms with Crippen molar-refractivity contribution in [2.24, 2.45) is 0 Å². The first kappa shape index (κ1) is 89.9. The van der Waals surface area contributed by atoms with Gasteiger partial charge in [-0.15, -0.1) is 0 Å². The second kappa shape index (κ2) is 37.3. The number of ether oxygens (including phenoxy) is 15. The van der Waals surface area contributed by atoms with Gasteiger partial charge in [0.25, 0.3) is 11.6 Å². The Labute approximate surface area is 600 Å². The summed E-state index contributed by atoms with van der Waals surface area (Å²) < 4.78 is 101. The van der Waals surface area contributed by atoms with E-state index in [0.29, 0.717) is 0 Å². The van der Waals surface area contributed by atoms with Gasteiger partial charge in [0.2, 0.25) is 0 Å². The van der Waals surface area contributed by atoms with Crippen molar-refractivity contribution in [1.29, 1.82) is 0 Å². The fraction of sp³-hybridized carbons (Fsp3) is 0.964. The van der Waals surface area contributed by atoms with Gasteiger partial charge in [-0.2, -0.15) is 0 Å². The van der Waals surface area contributed by atoms with E-state index in [0.717, 1.165) is 0 Å². The van der Waals surface area contributed by atoms with Crippen LogP contribution in [0.1, 0.15) is 12.8 Å². The Balaban J connectivity index is 1.15. The van der Waals surface area contributed by atoms with E-state index in [1.54, 1.807) is 0 Å². The molecule has 0 aromatic rings. The molecule has 0 saturated carbocycles. The average molecular weight is 1600 g/mol. The lowest BCUT2D eigenvalue weighted by atomic mass is 9.89. The summed E-state index contributed by atoms with van der Waals surface area (Å²) in [6.07, 6.45) is -100. The summed E-state index contributed by atoms with van der Waals surface area (Å²) in [5.41, 5.74) is 0. The molecule has 32 N–H and O–H groups in total. The first-order valence-corrected chi connectivity index (χ1v) is 34.3. The van der Waals surface area contributed by atoms with Crippen molar-refractivity contribution in [2.75, 3.05) is 52.9 Å². The van der Waals surface area contributed by atoms with E-state index in [4.69, 9.17) is 75.6 Å². The van der Waals surface area contributed by atoms with Crippen molar-refractivity contribution in [3.63, 3.8) is 0 Å². The van der Waals surface area contributed by atoms with E-state index in [9.17, 15) is 177 Å². The van der Waals surface area contributed by atoms with Crippen LogP contribution in [-0.2, 0) is 89.7 Å². The first-order chi connectivity index (χ1) is 50.0. The van der Waals surface area contributed by atoms with Crippen LogP contribution >= 0.6 is 7.82 Å². The molecule has 624 valence electrons. The summed E-state index contributed by atoms with van der Waals surface area (Å²) in [6, 6.07) is 0. The van der Waals surface area contributed by atoms with E-state index in [1.807, 2.05) is 0 Å². The molecule has 0 radical (unpaired) electrons. The fourth-order valence-corrected chi connectivity index (χ4v) is 13.6. The highest BCUT2D eigenvalue weighted by Gasteiger charge is 2.64. The molecule has 8 fully saturated rings. The standard InChI is InChI=1S/C55H93O51P/c56-3-12(62)39-21(67)11(61)1-55(105-39,53(85)86)103-17-2-54(87,52(83)84)104-41(14(64)5-58)42(17)100-51-36(82)44(45(106-107(88,89)90)40(99-51)13(63)4-57)102-50-35(81)43(101-49-33(79)27(73)24(70)20(96-49)10-93-47-31(77)26(72)23(69)19(7-60)95-47)34(80)38(98-50)16(66)9-92-48-32(78)28(74)29(75)37(97-48)15(65)8-91-46-30(76)25(71)22(68)18(6-59)94-46/h11-51,56-82,87H,1-10H2,(H,83,84)(H,85,86)(H2,88,89,90)/t11-,12-,13+,14-,15+,16+,17-,18-,19-,20-,21-,22+,23+,24-,25+,26+,27+,28+,29+,30-,31-,32+,33-,34-,35+,36+,37-,38-,39-,40-,41-,42-,43+,44-,45-,46-,47+,48+,49-,50-,51-,54-,55-/m1/s1. The molecule has 52 heteroatoms. The molecule has 8 aliphatic heterocycles. The van der Waals surface area contributed by atoms with Crippen LogP contribution in [0.25, 0.3) is 0 Å². The van der Waals surface area contributed by atoms with Crippen LogP contribution in [-0.4, -0.2) is 491 Å². The molecule has 0 unspecified atom stereocenters. The summed E-state index contributed by atoms with van der Waals surface area (Å²) in [4.78, 5) is 46.6. The molecule has 8 saturated heterocycles. The number of hydrogen-bond acceptors (Lipinski definition) is 47. The quantitative estimate of drug-likeness (QED) is 0.0287. The molecular weight excluding hydrogens is 1510 g/mol. The summed E-state index contributed by atoms with van der Waals surface area (Å²) >= 11 is 0. The van der Waals surface area contributed by atoms with E-state index in [1.165, 1.54) is 0 Å². The van der Waals surface area contributed by atoms with Crippen molar-refractivity contribution < 1.29 is 253 Å². The highest BCUT2D eigenvalue weighted by molar-refractivity contribution is 7.46. The van der Waals surface area contributed by atoms with Crippen LogP contribution in [0.3, 0.4) is 0 Å². The maximum absolute atomic E-state index is 13.3. The minimum absolute atomic E-state index is 0.923. The molecule has 0 aromatic carbocycles. The first-order valence-electron chi connectivity index (χ1n) is 32.8. The fourth-order valence-electron chi connectivity index (χ4n) is 13.0. The van der Waals surface area contributed by atoms with E-state index < -0.39 is 348 Å². The minimum atomic E-state index is -6.17. The summed E-state index contributed by atoms with van der Waals surface area (Å²) in [5, 5.41) is 325. The number of carbonyl (C=O) groups is 2. The monoisotopic (exact) mass is 1600 g/mol. The normalized spacial score (nSPS) is 48.2. The van der Waals surface area contributed by atoms with E-state index in [-0.39, 0.29) is 0 Å². The van der Waals surface area contributed by atoms with Crippen LogP contribution in [0.2, 0.25) is 0 Å². The van der Waals surface area contributed by atoms with Gasteiger partial charge in [0, 0.05) is 12.8 Å².